The predicted molar refractivity (Wildman–Crippen MR) is 179 cm³/mol. The quantitative estimate of drug-likeness (QED) is 0.205. The van der Waals surface area contributed by atoms with Crippen LogP contribution in [0.2, 0.25) is 5.02 Å². The summed E-state index contributed by atoms with van der Waals surface area (Å²) in [5, 5.41) is 2.79. The number of nitrogens with one attached hydrogen (secondary N) is 1. The molecule has 7 rings (SSSR count). The zero-order chi connectivity index (χ0) is 34.3. The van der Waals surface area contributed by atoms with Crippen LogP contribution in [0.4, 0.5) is 23.7 Å². The fraction of sp³-hybridized carbons (Fsp3) is 0.289. The molecule has 1 saturated heterocycles. The Hall–Kier alpha value is -4.83. The molecule has 7 nitrogen and oxygen atoms in total. The van der Waals surface area contributed by atoms with Gasteiger partial charge in [0.15, 0.2) is 0 Å². The molecular weight excluding hydrogens is 655 g/mol. The van der Waals surface area contributed by atoms with Crippen LogP contribution in [0, 0.1) is 5.82 Å². The Morgan fingerprint density at radius 1 is 0.918 bits per heavy atom. The minimum Gasteiger partial charge on any atom is -0.448 e. The number of likely N-dealkylation sites (tertiary alicyclic amines) is 1. The highest BCUT2D eigenvalue weighted by atomic mass is 35.5. The van der Waals surface area contributed by atoms with Gasteiger partial charge >= 0.3 is 6.09 Å². The first-order valence-corrected chi connectivity index (χ1v) is 16.6. The number of amides is 3. The van der Waals surface area contributed by atoms with E-state index in [1.54, 1.807) is 24.3 Å². The molecule has 49 heavy (non-hydrogen) atoms. The molecule has 4 aromatic rings. The van der Waals surface area contributed by atoms with E-state index in [-0.39, 0.29) is 41.8 Å². The second kappa shape index (κ2) is 13.2. The van der Waals surface area contributed by atoms with Crippen molar-refractivity contribution in [3.05, 3.63) is 125 Å². The van der Waals surface area contributed by atoms with Gasteiger partial charge in [-0.3, -0.25) is 19.4 Å². The van der Waals surface area contributed by atoms with Gasteiger partial charge in [-0.1, -0.05) is 84.4 Å². The van der Waals surface area contributed by atoms with Gasteiger partial charge in [-0.05, 0) is 59.4 Å². The lowest BCUT2D eigenvalue weighted by Crippen LogP contribution is -2.56. The average molecular weight is 688 g/mol. The number of halogens is 4. The summed E-state index contributed by atoms with van der Waals surface area (Å²) in [5.74, 6) is -5.16. The number of alkyl halides is 2. The van der Waals surface area contributed by atoms with E-state index in [0.717, 1.165) is 33.2 Å². The summed E-state index contributed by atoms with van der Waals surface area (Å²) in [4.78, 5) is 44.9. The van der Waals surface area contributed by atoms with E-state index in [9.17, 15) is 27.6 Å². The standard InChI is InChI=1S/C38H33ClF3N3O4/c39-32-16-6-5-15-30(32)34(35(46)43-24-20-38(41,42)21-24)45(25-10-7-9-23(40)19-25)36(47)33-17-8-18-44(33)37(48)49-22-31-28-13-3-1-11-26(28)27-12-2-4-14-29(27)31/h1-7,9-16,19,24,31,33-34H,8,17-18,20-22H2,(H,43,46)/t33-,34+/m0/s1. The Morgan fingerprint density at radius 2 is 1.57 bits per heavy atom. The van der Waals surface area contributed by atoms with Crippen molar-refractivity contribution in [1.29, 1.82) is 0 Å². The van der Waals surface area contributed by atoms with Crippen molar-refractivity contribution in [2.75, 3.05) is 18.1 Å². The van der Waals surface area contributed by atoms with Gasteiger partial charge in [-0.15, -0.1) is 0 Å². The summed E-state index contributed by atoms with van der Waals surface area (Å²) >= 11 is 6.58. The monoisotopic (exact) mass is 687 g/mol. The highest BCUT2D eigenvalue weighted by Crippen LogP contribution is 2.45. The van der Waals surface area contributed by atoms with Gasteiger partial charge in [-0.2, -0.15) is 0 Å². The Morgan fingerprint density at radius 3 is 2.22 bits per heavy atom. The van der Waals surface area contributed by atoms with E-state index in [0.29, 0.717) is 6.42 Å². The zero-order valence-electron chi connectivity index (χ0n) is 26.3. The van der Waals surface area contributed by atoms with Crippen LogP contribution in [-0.2, 0) is 14.3 Å². The van der Waals surface area contributed by atoms with Crippen molar-refractivity contribution >= 4 is 35.2 Å². The lowest BCUT2D eigenvalue weighted by Gasteiger charge is -2.39. The van der Waals surface area contributed by atoms with Crippen LogP contribution in [0.15, 0.2) is 97.1 Å². The number of ether oxygens (including phenoxy) is 1. The van der Waals surface area contributed by atoms with E-state index in [1.165, 1.54) is 23.1 Å². The largest absolute Gasteiger partial charge is 0.448 e. The number of carbonyl (C=O) groups is 3. The number of rotatable bonds is 8. The van der Waals surface area contributed by atoms with Crippen LogP contribution < -0.4 is 10.2 Å². The number of fused-ring (bicyclic) bond motifs is 3. The van der Waals surface area contributed by atoms with Crippen LogP contribution in [0.5, 0.6) is 0 Å². The highest BCUT2D eigenvalue weighted by Gasteiger charge is 2.48. The number of anilines is 1. The summed E-state index contributed by atoms with van der Waals surface area (Å²) in [6, 6.07) is 24.1. The Bertz CT molecular complexity index is 1870. The third-order valence-electron chi connectivity index (χ3n) is 9.58. The topological polar surface area (TPSA) is 79.0 Å². The van der Waals surface area contributed by atoms with Crippen LogP contribution in [0.25, 0.3) is 11.1 Å². The number of nitrogens with zero attached hydrogens (tertiary/aromatic N) is 2. The smallest absolute Gasteiger partial charge is 0.410 e. The molecule has 11 heteroatoms. The van der Waals surface area contributed by atoms with Crippen LogP contribution >= 0.6 is 11.6 Å². The van der Waals surface area contributed by atoms with Gasteiger partial charge in [0.2, 0.25) is 5.91 Å². The molecule has 0 unspecified atom stereocenters. The third-order valence-corrected chi connectivity index (χ3v) is 9.92. The van der Waals surface area contributed by atoms with Crippen LogP contribution in [-0.4, -0.2) is 54.0 Å². The molecule has 1 heterocycles. The summed E-state index contributed by atoms with van der Waals surface area (Å²) < 4.78 is 48.1. The summed E-state index contributed by atoms with van der Waals surface area (Å²) in [6.07, 6.45) is -1.02. The number of hydrogen-bond donors (Lipinski definition) is 1. The van der Waals surface area contributed by atoms with Crippen molar-refractivity contribution < 1.29 is 32.3 Å². The molecule has 1 N–H and O–H groups in total. The summed E-state index contributed by atoms with van der Waals surface area (Å²) in [5.41, 5.74) is 4.50. The SMILES string of the molecule is O=C(NC1CC(F)(F)C1)[C@@H](c1ccccc1Cl)N(C(=O)[C@@H]1CCCN1C(=O)OCC1c2ccccc2-c2ccccc21)c1cccc(F)c1. The van der Waals surface area contributed by atoms with Crippen molar-refractivity contribution in [2.24, 2.45) is 0 Å². The summed E-state index contributed by atoms with van der Waals surface area (Å²) in [6.45, 7) is 0.277. The maximum Gasteiger partial charge on any atom is 0.410 e. The molecule has 0 bridgehead atoms. The first-order valence-electron chi connectivity index (χ1n) is 16.2. The summed E-state index contributed by atoms with van der Waals surface area (Å²) in [7, 11) is 0. The molecular formula is C38H33ClF3N3O4. The minimum atomic E-state index is -2.90. The van der Waals surface area contributed by atoms with Gasteiger partial charge < -0.3 is 10.1 Å². The number of carbonyl (C=O) groups excluding carboxylic acids is 3. The lowest BCUT2D eigenvalue weighted by atomic mass is 9.87. The van der Waals surface area contributed by atoms with E-state index in [4.69, 9.17) is 16.3 Å². The molecule has 1 aliphatic heterocycles. The second-order valence-electron chi connectivity index (χ2n) is 12.7. The predicted octanol–water partition coefficient (Wildman–Crippen LogP) is 7.88. The van der Waals surface area contributed by atoms with E-state index >= 15 is 0 Å². The second-order valence-corrected chi connectivity index (χ2v) is 13.1. The number of benzene rings is 4. The maximum atomic E-state index is 14.7. The lowest BCUT2D eigenvalue weighted by molar-refractivity contribution is -0.133. The molecule has 3 aliphatic rings. The molecule has 0 aromatic heterocycles. The highest BCUT2D eigenvalue weighted by molar-refractivity contribution is 6.31. The fourth-order valence-corrected chi connectivity index (χ4v) is 7.49. The van der Waals surface area contributed by atoms with E-state index < -0.39 is 60.6 Å². The molecule has 3 amide bonds. The molecule has 0 radical (unpaired) electrons. The minimum absolute atomic E-state index is 0.0448. The van der Waals surface area contributed by atoms with Gasteiger partial charge in [0.25, 0.3) is 11.8 Å². The Labute approximate surface area is 286 Å². The van der Waals surface area contributed by atoms with E-state index in [1.807, 2.05) is 48.5 Å². The number of hydrogen-bond acceptors (Lipinski definition) is 4. The van der Waals surface area contributed by atoms with Gasteiger partial charge in [-0.25, -0.2) is 18.0 Å². The Kier molecular flexibility index (Phi) is 8.83. The van der Waals surface area contributed by atoms with Crippen LogP contribution in [0.3, 0.4) is 0 Å². The van der Waals surface area contributed by atoms with Gasteiger partial charge in [0.05, 0.1) is 0 Å². The normalized spacial score (nSPS) is 18.6. The van der Waals surface area contributed by atoms with Crippen LogP contribution in [0.1, 0.15) is 54.3 Å². The Balaban J connectivity index is 1.18. The van der Waals surface area contributed by atoms with Crippen molar-refractivity contribution in [1.82, 2.24) is 10.2 Å². The molecule has 2 atom stereocenters. The van der Waals surface area contributed by atoms with Crippen molar-refractivity contribution in [2.45, 2.75) is 55.6 Å². The molecule has 1 saturated carbocycles. The zero-order valence-corrected chi connectivity index (χ0v) is 27.1. The first kappa shape index (κ1) is 32.7. The third kappa shape index (κ3) is 6.37. The van der Waals surface area contributed by atoms with Crippen molar-refractivity contribution in [3.8, 4) is 11.1 Å². The molecule has 4 aromatic carbocycles. The first-order chi connectivity index (χ1) is 23.6. The van der Waals surface area contributed by atoms with Gasteiger partial charge in [0, 0.05) is 47.6 Å². The average Bonchev–Trinajstić information content (AvgIpc) is 3.69. The van der Waals surface area contributed by atoms with E-state index in [2.05, 4.69) is 5.32 Å². The molecule has 252 valence electrons. The molecule has 2 fully saturated rings. The van der Waals surface area contributed by atoms with Crippen molar-refractivity contribution in [3.63, 3.8) is 0 Å². The maximum absolute atomic E-state index is 14.7. The van der Waals surface area contributed by atoms with Gasteiger partial charge in [0.1, 0.15) is 24.5 Å². The fourth-order valence-electron chi connectivity index (χ4n) is 7.25. The molecule has 0 spiro atoms. The molecule has 2 aliphatic carbocycles.